The van der Waals surface area contributed by atoms with Crippen LogP contribution < -0.4 is 5.32 Å². The third-order valence-corrected chi connectivity index (χ3v) is 4.85. The molecular formula is C18H19NO2. The quantitative estimate of drug-likeness (QED) is 0.791. The molecule has 2 aliphatic rings. The fourth-order valence-corrected chi connectivity index (χ4v) is 3.90. The number of rotatable bonds is 2. The van der Waals surface area contributed by atoms with Crippen LogP contribution in [-0.2, 0) is 12.8 Å². The summed E-state index contributed by atoms with van der Waals surface area (Å²) in [6, 6.07) is 11.9. The highest BCUT2D eigenvalue weighted by atomic mass is 16.3. The van der Waals surface area contributed by atoms with Crippen LogP contribution in [0, 0.1) is 0 Å². The molecule has 0 bridgehead atoms. The van der Waals surface area contributed by atoms with E-state index in [0.29, 0.717) is 11.5 Å². The molecule has 0 aromatic heterocycles. The van der Waals surface area contributed by atoms with E-state index in [1.807, 2.05) is 12.1 Å². The molecule has 21 heavy (non-hydrogen) atoms. The van der Waals surface area contributed by atoms with E-state index in [-0.39, 0.29) is 12.1 Å². The predicted octanol–water partition coefficient (Wildman–Crippen LogP) is 3.36. The van der Waals surface area contributed by atoms with Gasteiger partial charge in [0.25, 0.3) is 0 Å². The predicted molar refractivity (Wildman–Crippen MR) is 81.5 cm³/mol. The maximum absolute atomic E-state index is 10.1. The molecule has 2 aromatic rings. The van der Waals surface area contributed by atoms with Crippen molar-refractivity contribution < 1.29 is 10.2 Å². The topological polar surface area (TPSA) is 52.5 Å². The Balaban J connectivity index is 1.64. The Kier molecular flexibility index (Phi) is 2.89. The van der Waals surface area contributed by atoms with E-state index in [1.165, 1.54) is 11.1 Å². The first kappa shape index (κ1) is 12.7. The van der Waals surface area contributed by atoms with Crippen LogP contribution in [0.5, 0.6) is 11.5 Å². The van der Waals surface area contributed by atoms with Gasteiger partial charge in [-0.1, -0.05) is 24.3 Å². The number of hydrogen-bond acceptors (Lipinski definition) is 3. The molecule has 0 heterocycles. The maximum atomic E-state index is 10.1. The number of nitrogens with one attached hydrogen (secondary N) is 1. The molecule has 3 nitrogen and oxygen atoms in total. The number of phenols is 2. The molecule has 108 valence electrons. The first-order chi connectivity index (χ1) is 10.2. The summed E-state index contributed by atoms with van der Waals surface area (Å²) in [4.78, 5) is 0. The minimum Gasteiger partial charge on any atom is -0.508 e. The maximum Gasteiger partial charge on any atom is 0.120 e. The molecule has 4 rings (SSSR count). The lowest BCUT2D eigenvalue weighted by Crippen LogP contribution is -2.23. The second-order valence-electron chi connectivity index (χ2n) is 6.05. The molecule has 0 aliphatic heterocycles. The van der Waals surface area contributed by atoms with Crippen LogP contribution in [0.1, 0.15) is 47.2 Å². The fraction of sp³-hybridized carbons (Fsp3) is 0.333. The number of hydrogen-bond donors (Lipinski definition) is 3. The third kappa shape index (κ3) is 2.00. The van der Waals surface area contributed by atoms with Crippen LogP contribution in [-0.4, -0.2) is 10.2 Å². The van der Waals surface area contributed by atoms with E-state index >= 15 is 0 Å². The minimum atomic E-state index is 0.178. The average molecular weight is 281 g/mol. The lowest BCUT2D eigenvalue weighted by molar-refractivity contribution is 0.403. The molecule has 2 aliphatic carbocycles. The molecule has 0 spiro atoms. The fourth-order valence-electron chi connectivity index (χ4n) is 3.90. The van der Waals surface area contributed by atoms with Gasteiger partial charge in [0.1, 0.15) is 11.5 Å². The molecule has 0 saturated heterocycles. The van der Waals surface area contributed by atoms with Gasteiger partial charge in [0, 0.05) is 23.2 Å². The highest BCUT2D eigenvalue weighted by Gasteiger charge is 2.31. The van der Waals surface area contributed by atoms with Crippen molar-refractivity contribution in [3.8, 4) is 11.5 Å². The minimum absolute atomic E-state index is 0.178. The van der Waals surface area contributed by atoms with Crippen molar-refractivity contribution in [1.29, 1.82) is 0 Å². The van der Waals surface area contributed by atoms with E-state index in [4.69, 9.17) is 0 Å². The van der Waals surface area contributed by atoms with E-state index in [9.17, 15) is 10.2 Å². The highest BCUT2D eigenvalue weighted by molar-refractivity contribution is 5.47. The summed E-state index contributed by atoms with van der Waals surface area (Å²) in [5.41, 5.74) is 4.56. The number of benzene rings is 2. The second kappa shape index (κ2) is 4.78. The van der Waals surface area contributed by atoms with E-state index in [0.717, 1.165) is 36.8 Å². The lowest BCUT2D eigenvalue weighted by Gasteiger charge is -2.22. The molecule has 2 atom stereocenters. The Morgan fingerprint density at radius 1 is 0.762 bits per heavy atom. The van der Waals surface area contributed by atoms with Gasteiger partial charge in [0.2, 0.25) is 0 Å². The Bertz CT molecular complexity index is 636. The van der Waals surface area contributed by atoms with Gasteiger partial charge in [-0.3, -0.25) is 0 Å². The molecule has 0 saturated carbocycles. The van der Waals surface area contributed by atoms with Gasteiger partial charge in [-0.2, -0.15) is 0 Å². The number of fused-ring (bicyclic) bond motifs is 2. The van der Waals surface area contributed by atoms with Gasteiger partial charge in [-0.25, -0.2) is 0 Å². The summed E-state index contributed by atoms with van der Waals surface area (Å²) in [6.07, 6.45) is 4.02. The smallest absolute Gasteiger partial charge is 0.120 e. The number of aryl methyl sites for hydroxylation is 2. The molecule has 0 radical (unpaired) electrons. The monoisotopic (exact) mass is 281 g/mol. The van der Waals surface area contributed by atoms with E-state index < -0.39 is 0 Å². The summed E-state index contributed by atoms with van der Waals surface area (Å²) in [5.74, 6) is 0.774. The molecular weight excluding hydrogens is 262 g/mol. The molecule has 2 aromatic carbocycles. The summed E-state index contributed by atoms with van der Waals surface area (Å²) in [7, 11) is 0. The Labute approximate surface area is 124 Å². The molecule has 3 N–H and O–H groups in total. The van der Waals surface area contributed by atoms with Gasteiger partial charge in [0.15, 0.2) is 0 Å². The standard InChI is InChI=1S/C18H19NO2/c20-15-5-1-3-11-7-9-13(17(11)15)19-14-10-8-12-4-2-6-16(21)18(12)14/h1-6,13-14,19-21H,7-10H2. The van der Waals surface area contributed by atoms with Crippen LogP contribution >= 0.6 is 0 Å². The van der Waals surface area contributed by atoms with Crippen molar-refractivity contribution in [3.05, 3.63) is 58.7 Å². The average Bonchev–Trinajstić information content (AvgIpc) is 3.06. The van der Waals surface area contributed by atoms with E-state index in [2.05, 4.69) is 17.4 Å². The van der Waals surface area contributed by atoms with Gasteiger partial charge in [0.05, 0.1) is 0 Å². The van der Waals surface area contributed by atoms with Crippen molar-refractivity contribution in [3.63, 3.8) is 0 Å². The third-order valence-electron chi connectivity index (χ3n) is 4.85. The number of phenolic OH excluding ortho intramolecular Hbond substituents is 2. The van der Waals surface area contributed by atoms with Crippen molar-refractivity contribution in [1.82, 2.24) is 5.32 Å². The van der Waals surface area contributed by atoms with Crippen LogP contribution in [0.4, 0.5) is 0 Å². The van der Waals surface area contributed by atoms with Crippen LogP contribution in [0.2, 0.25) is 0 Å². The lowest BCUT2D eigenvalue weighted by atomic mass is 10.0. The van der Waals surface area contributed by atoms with Crippen molar-refractivity contribution in [2.45, 2.75) is 37.8 Å². The number of aromatic hydroxyl groups is 2. The Hall–Kier alpha value is -2.00. The summed E-state index contributed by atoms with van der Waals surface area (Å²) < 4.78 is 0. The van der Waals surface area contributed by atoms with Crippen LogP contribution in [0.15, 0.2) is 36.4 Å². The summed E-state index contributed by atoms with van der Waals surface area (Å²) >= 11 is 0. The zero-order valence-electron chi connectivity index (χ0n) is 11.8. The van der Waals surface area contributed by atoms with Crippen molar-refractivity contribution in [2.75, 3.05) is 0 Å². The molecule has 2 unspecified atom stereocenters. The van der Waals surface area contributed by atoms with Crippen LogP contribution in [0.3, 0.4) is 0 Å². The Morgan fingerprint density at radius 2 is 1.24 bits per heavy atom. The summed E-state index contributed by atoms with van der Waals surface area (Å²) in [6.45, 7) is 0. The molecule has 0 fully saturated rings. The van der Waals surface area contributed by atoms with Gasteiger partial charge in [-0.15, -0.1) is 0 Å². The Morgan fingerprint density at radius 3 is 1.71 bits per heavy atom. The van der Waals surface area contributed by atoms with Crippen molar-refractivity contribution >= 4 is 0 Å². The zero-order chi connectivity index (χ0) is 14.4. The summed E-state index contributed by atoms with van der Waals surface area (Å²) in [5, 5.41) is 23.9. The van der Waals surface area contributed by atoms with Gasteiger partial charge >= 0.3 is 0 Å². The van der Waals surface area contributed by atoms with Crippen LogP contribution in [0.25, 0.3) is 0 Å². The van der Waals surface area contributed by atoms with Gasteiger partial charge in [-0.05, 0) is 48.9 Å². The second-order valence-corrected chi connectivity index (χ2v) is 6.05. The largest absolute Gasteiger partial charge is 0.508 e. The normalized spacial score (nSPS) is 23.0. The SMILES string of the molecule is Oc1cccc2c1C(NC1CCc3cccc(O)c31)CC2. The van der Waals surface area contributed by atoms with E-state index in [1.54, 1.807) is 12.1 Å². The molecule has 0 amide bonds. The molecule has 3 heteroatoms. The zero-order valence-corrected chi connectivity index (χ0v) is 11.8. The first-order valence-corrected chi connectivity index (χ1v) is 7.61. The first-order valence-electron chi connectivity index (χ1n) is 7.61. The van der Waals surface area contributed by atoms with Gasteiger partial charge < -0.3 is 15.5 Å². The highest BCUT2D eigenvalue weighted by Crippen LogP contribution is 2.43. The van der Waals surface area contributed by atoms with Crippen molar-refractivity contribution in [2.24, 2.45) is 0 Å².